The second-order valence-electron chi connectivity index (χ2n) is 5.06. The van der Waals surface area contributed by atoms with Gasteiger partial charge >= 0.3 is 0 Å². The minimum Gasteiger partial charge on any atom is -0.287 e. The summed E-state index contributed by atoms with van der Waals surface area (Å²) in [6, 6.07) is 10.8. The Balaban J connectivity index is 2.21. The molecule has 2 aromatic heterocycles. The minimum atomic E-state index is -0.164. The van der Waals surface area contributed by atoms with Gasteiger partial charge in [-0.05, 0) is 30.3 Å². The zero-order chi connectivity index (χ0) is 17.1. The topological polar surface area (TPSA) is 60.7 Å². The van der Waals surface area contributed by atoms with Crippen LogP contribution in [0.1, 0.15) is 34.6 Å². The number of alkyl halides is 1. The first kappa shape index (κ1) is 16.8. The summed E-state index contributed by atoms with van der Waals surface area (Å²) < 4.78 is 2.65. The van der Waals surface area contributed by atoms with Crippen molar-refractivity contribution in [2.75, 3.05) is 0 Å². The molecule has 0 bridgehead atoms. The number of ketones is 1. The zero-order valence-corrected chi connectivity index (χ0v) is 15.3. The van der Waals surface area contributed by atoms with Crippen LogP contribution in [0.2, 0.25) is 0 Å². The van der Waals surface area contributed by atoms with Gasteiger partial charge < -0.3 is 0 Å². The molecule has 0 N–H and O–H groups in total. The second-order valence-corrected chi connectivity index (χ2v) is 6.24. The third-order valence-corrected chi connectivity index (χ3v) is 4.31. The number of benzene rings is 1. The van der Waals surface area contributed by atoms with Crippen molar-refractivity contribution in [3.63, 3.8) is 0 Å². The largest absolute Gasteiger partial charge is 0.287 e. The van der Waals surface area contributed by atoms with Gasteiger partial charge in [0.1, 0.15) is 11.5 Å². The fraction of sp³-hybridized carbons (Fsp3) is 0.176. The summed E-state index contributed by atoms with van der Waals surface area (Å²) in [7, 11) is 0. The molecule has 0 aliphatic carbocycles. The molecule has 5 nitrogen and oxygen atoms in total. The van der Waals surface area contributed by atoms with Crippen LogP contribution in [0, 0.1) is 0 Å². The molecular formula is C17H14BrClN4O. The maximum Gasteiger partial charge on any atom is 0.213 e. The van der Waals surface area contributed by atoms with Crippen molar-refractivity contribution in [2.45, 2.75) is 19.2 Å². The van der Waals surface area contributed by atoms with Crippen LogP contribution in [0.3, 0.4) is 0 Å². The number of aryl methyl sites for hydroxylation is 1. The average Bonchev–Trinajstić information content (AvgIpc) is 3.04. The lowest BCUT2D eigenvalue weighted by atomic mass is 10.0. The average molecular weight is 406 g/mol. The molecule has 0 aliphatic rings. The first-order chi connectivity index (χ1) is 11.7. The van der Waals surface area contributed by atoms with Crippen LogP contribution in [0.4, 0.5) is 0 Å². The van der Waals surface area contributed by atoms with Gasteiger partial charge in [-0.25, -0.2) is 0 Å². The summed E-state index contributed by atoms with van der Waals surface area (Å²) in [5.74, 6) is 1.40. The Bertz CT molecular complexity index is 858. The molecule has 0 unspecified atom stereocenters. The summed E-state index contributed by atoms with van der Waals surface area (Å²) in [4.78, 5) is 17.1. The van der Waals surface area contributed by atoms with E-state index in [9.17, 15) is 4.79 Å². The highest BCUT2D eigenvalue weighted by atomic mass is 79.9. The summed E-state index contributed by atoms with van der Waals surface area (Å²) >= 11 is 9.44. The van der Waals surface area contributed by atoms with Crippen LogP contribution in [0.5, 0.6) is 0 Å². The Kier molecular flexibility index (Phi) is 5.06. The molecule has 0 fully saturated rings. The Morgan fingerprint density at radius 2 is 2.00 bits per heavy atom. The Labute approximate surface area is 152 Å². The van der Waals surface area contributed by atoms with Crippen molar-refractivity contribution in [3.8, 4) is 5.69 Å². The molecule has 0 saturated carbocycles. The SMILES string of the molecule is CCc1nnc(CCl)n1-c1ccc(Br)cc1C(=O)c1ccccn1. The molecule has 122 valence electrons. The Morgan fingerprint density at radius 1 is 1.21 bits per heavy atom. The summed E-state index contributed by atoms with van der Waals surface area (Å²) in [5, 5.41) is 8.29. The van der Waals surface area contributed by atoms with Crippen molar-refractivity contribution >= 4 is 33.3 Å². The van der Waals surface area contributed by atoms with Crippen molar-refractivity contribution in [1.29, 1.82) is 0 Å². The minimum absolute atomic E-state index is 0.164. The number of nitrogens with zero attached hydrogens (tertiary/aromatic N) is 4. The van der Waals surface area contributed by atoms with Crippen LogP contribution in [-0.2, 0) is 12.3 Å². The molecular weight excluding hydrogens is 392 g/mol. The number of aromatic nitrogens is 4. The lowest BCUT2D eigenvalue weighted by molar-refractivity contribution is 0.103. The standard InChI is InChI=1S/C17H14BrClN4O/c1-2-15-21-22-16(10-19)23(15)14-7-6-11(18)9-12(14)17(24)13-5-3-4-8-20-13/h3-9H,2,10H2,1H3. The number of halogens is 2. The molecule has 0 saturated heterocycles. The molecule has 0 amide bonds. The molecule has 3 rings (SSSR count). The van der Waals surface area contributed by atoms with Crippen LogP contribution in [0.25, 0.3) is 5.69 Å². The molecule has 0 aliphatic heterocycles. The van der Waals surface area contributed by atoms with Gasteiger partial charge in [0.05, 0.1) is 11.6 Å². The summed E-state index contributed by atoms with van der Waals surface area (Å²) in [5.41, 5.74) is 1.60. The van der Waals surface area contributed by atoms with Gasteiger partial charge in [0, 0.05) is 22.7 Å². The highest BCUT2D eigenvalue weighted by Crippen LogP contribution is 2.25. The second kappa shape index (κ2) is 7.23. The highest BCUT2D eigenvalue weighted by molar-refractivity contribution is 9.10. The van der Waals surface area contributed by atoms with E-state index in [1.807, 2.05) is 23.6 Å². The van der Waals surface area contributed by atoms with E-state index < -0.39 is 0 Å². The van der Waals surface area contributed by atoms with Gasteiger partial charge in [-0.15, -0.1) is 21.8 Å². The van der Waals surface area contributed by atoms with E-state index in [4.69, 9.17) is 11.6 Å². The van der Waals surface area contributed by atoms with Gasteiger partial charge in [0.15, 0.2) is 5.82 Å². The van der Waals surface area contributed by atoms with Crippen molar-refractivity contribution in [3.05, 3.63) is 70.0 Å². The number of hydrogen-bond acceptors (Lipinski definition) is 4. The van der Waals surface area contributed by atoms with Crippen LogP contribution >= 0.6 is 27.5 Å². The molecule has 1 aromatic carbocycles. The maximum absolute atomic E-state index is 12.9. The molecule has 2 heterocycles. The molecule has 7 heteroatoms. The van der Waals surface area contributed by atoms with Gasteiger partial charge in [0.25, 0.3) is 0 Å². The van der Waals surface area contributed by atoms with E-state index in [0.717, 1.165) is 10.3 Å². The maximum atomic E-state index is 12.9. The van der Waals surface area contributed by atoms with E-state index in [1.54, 1.807) is 30.5 Å². The molecule has 0 atom stereocenters. The molecule has 0 radical (unpaired) electrons. The smallest absolute Gasteiger partial charge is 0.213 e. The quantitative estimate of drug-likeness (QED) is 0.476. The first-order valence-corrected chi connectivity index (χ1v) is 8.73. The Hall–Kier alpha value is -2.05. The normalized spacial score (nSPS) is 10.8. The molecule has 0 spiro atoms. The van der Waals surface area contributed by atoms with E-state index in [1.165, 1.54) is 0 Å². The zero-order valence-electron chi connectivity index (χ0n) is 12.9. The predicted octanol–water partition coefficient (Wildman–Crippen LogP) is 3.96. The lowest BCUT2D eigenvalue weighted by Gasteiger charge is -2.13. The van der Waals surface area contributed by atoms with Crippen LogP contribution in [0.15, 0.2) is 47.1 Å². The van der Waals surface area contributed by atoms with E-state index in [-0.39, 0.29) is 11.7 Å². The van der Waals surface area contributed by atoms with E-state index in [0.29, 0.717) is 29.2 Å². The molecule has 3 aromatic rings. The fourth-order valence-electron chi connectivity index (χ4n) is 2.47. The van der Waals surface area contributed by atoms with Gasteiger partial charge in [0.2, 0.25) is 5.78 Å². The van der Waals surface area contributed by atoms with Crippen LogP contribution in [-0.4, -0.2) is 25.5 Å². The summed E-state index contributed by atoms with van der Waals surface area (Å²) in [6.45, 7) is 1.98. The fourth-order valence-corrected chi connectivity index (χ4v) is 3.00. The number of pyridine rings is 1. The lowest BCUT2D eigenvalue weighted by Crippen LogP contribution is -2.12. The summed E-state index contributed by atoms with van der Waals surface area (Å²) in [6.07, 6.45) is 2.28. The van der Waals surface area contributed by atoms with Gasteiger partial charge in [-0.2, -0.15) is 0 Å². The Morgan fingerprint density at radius 3 is 2.67 bits per heavy atom. The number of carbonyl (C=O) groups is 1. The van der Waals surface area contributed by atoms with Crippen molar-refractivity contribution in [1.82, 2.24) is 19.7 Å². The van der Waals surface area contributed by atoms with Gasteiger partial charge in [-0.1, -0.05) is 28.9 Å². The number of carbonyl (C=O) groups excluding carboxylic acids is 1. The monoisotopic (exact) mass is 404 g/mol. The predicted molar refractivity (Wildman–Crippen MR) is 95.7 cm³/mol. The van der Waals surface area contributed by atoms with E-state index >= 15 is 0 Å². The van der Waals surface area contributed by atoms with Crippen LogP contribution < -0.4 is 0 Å². The van der Waals surface area contributed by atoms with Crippen molar-refractivity contribution in [2.24, 2.45) is 0 Å². The number of hydrogen-bond donors (Lipinski definition) is 0. The number of rotatable bonds is 5. The van der Waals surface area contributed by atoms with Gasteiger partial charge in [-0.3, -0.25) is 14.3 Å². The third kappa shape index (κ3) is 3.12. The van der Waals surface area contributed by atoms with E-state index in [2.05, 4.69) is 31.1 Å². The highest BCUT2D eigenvalue weighted by Gasteiger charge is 2.20. The van der Waals surface area contributed by atoms with Crippen molar-refractivity contribution < 1.29 is 4.79 Å². The first-order valence-electron chi connectivity index (χ1n) is 7.40. The molecule has 24 heavy (non-hydrogen) atoms. The third-order valence-electron chi connectivity index (χ3n) is 3.57.